The van der Waals surface area contributed by atoms with Crippen LogP contribution >= 0.6 is 12.2 Å². The van der Waals surface area contributed by atoms with Crippen molar-refractivity contribution in [1.82, 2.24) is 4.90 Å². The van der Waals surface area contributed by atoms with Gasteiger partial charge in [0.15, 0.2) is 0 Å². The van der Waals surface area contributed by atoms with E-state index in [9.17, 15) is 9.18 Å². The van der Waals surface area contributed by atoms with Crippen LogP contribution in [0.4, 0.5) is 4.39 Å². The van der Waals surface area contributed by atoms with Crippen molar-refractivity contribution in [3.05, 3.63) is 35.1 Å². The number of thiocarbonyl (C=S) groups is 1. The van der Waals surface area contributed by atoms with Gasteiger partial charge in [0.1, 0.15) is 10.8 Å². The highest BCUT2D eigenvalue weighted by molar-refractivity contribution is 7.80. The van der Waals surface area contributed by atoms with Gasteiger partial charge in [0.25, 0.3) is 0 Å². The van der Waals surface area contributed by atoms with Crippen molar-refractivity contribution < 1.29 is 9.18 Å². The van der Waals surface area contributed by atoms with Crippen LogP contribution < -0.4 is 11.5 Å². The van der Waals surface area contributed by atoms with Crippen LogP contribution in [0.5, 0.6) is 0 Å². The predicted molar refractivity (Wildman–Crippen MR) is 81.7 cm³/mol. The van der Waals surface area contributed by atoms with Crippen molar-refractivity contribution in [2.45, 2.75) is 26.3 Å². The number of primary amides is 1. The van der Waals surface area contributed by atoms with E-state index in [-0.39, 0.29) is 17.4 Å². The topological polar surface area (TPSA) is 72.3 Å². The fraction of sp³-hybridized carbons (Fsp3) is 0.429. The summed E-state index contributed by atoms with van der Waals surface area (Å²) in [5, 5.41) is 0. The molecule has 0 radical (unpaired) electrons. The number of halogens is 1. The zero-order chi connectivity index (χ0) is 15.1. The smallest absolute Gasteiger partial charge is 0.231 e. The van der Waals surface area contributed by atoms with Crippen molar-refractivity contribution in [3.8, 4) is 0 Å². The van der Waals surface area contributed by atoms with E-state index < -0.39 is 5.91 Å². The van der Waals surface area contributed by atoms with Crippen LogP contribution in [-0.2, 0) is 11.3 Å². The molecule has 1 aromatic rings. The molecule has 4 N–H and O–H groups in total. The summed E-state index contributed by atoms with van der Waals surface area (Å²) in [7, 11) is 0. The maximum atomic E-state index is 14.0. The van der Waals surface area contributed by atoms with E-state index in [1.54, 1.807) is 12.1 Å². The summed E-state index contributed by atoms with van der Waals surface area (Å²) < 4.78 is 14.0. The molecule has 20 heavy (non-hydrogen) atoms. The van der Waals surface area contributed by atoms with Gasteiger partial charge in [-0.2, -0.15) is 0 Å². The van der Waals surface area contributed by atoms with Gasteiger partial charge in [0, 0.05) is 17.7 Å². The maximum Gasteiger partial charge on any atom is 0.231 e. The van der Waals surface area contributed by atoms with E-state index in [0.717, 1.165) is 12.8 Å². The minimum Gasteiger partial charge on any atom is -0.389 e. The largest absolute Gasteiger partial charge is 0.389 e. The summed E-state index contributed by atoms with van der Waals surface area (Å²) in [6, 6.07) is 4.65. The lowest BCUT2D eigenvalue weighted by Crippen LogP contribution is -2.34. The second-order valence-electron chi connectivity index (χ2n) is 4.70. The van der Waals surface area contributed by atoms with Gasteiger partial charge in [-0.15, -0.1) is 0 Å². The Balaban J connectivity index is 2.81. The number of nitrogens with two attached hydrogens (primary N) is 2. The van der Waals surface area contributed by atoms with Crippen LogP contribution in [0.1, 0.15) is 30.9 Å². The molecule has 0 aliphatic rings. The van der Waals surface area contributed by atoms with Gasteiger partial charge in [0.2, 0.25) is 5.91 Å². The average Bonchev–Trinajstić information content (AvgIpc) is 2.37. The molecular weight excluding hydrogens is 277 g/mol. The third kappa shape index (κ3) is 5.22. The van der Waals surface area contributed by atoms with Crippen molar-refractivity contribution in [2.24, 2.45) is 11.5 Å². The number of nitrogens with zero attached hydrogens (tertiary/aromatic N) is 1. The first-order valence-corrected chi connectivity index (χ1v) is 6.93. The summed E-state index contributed by atoms with van der Waals surface area (Å²) >= 11 is 4.81. The first-order valence-electron chi connectivity index (χ1n) is 6.53. The third-order valence-corrected chi connectivity index (χ3v) is 3.17. The monoisotopic (exact) mass is 297 g/mol. The highest BCUT2D eigenvalue weighted by Crippen LogP contribution is 2.13. The van der Waals surface area contributed by atoms with E-state index in [1.807, 2.05) is 4.90 Å². The quantitative estimate of drug-likeness (QED) is 0.714. The molecule has 0 heterocycles. The van der Waals surface area contributed by atoms with E-state index in [2.05, 4.69) is 6.92 Å². The standard InChI is InChI=1S/C14H20FN3OS/c1-2-3-6-18(9-13(16)19)8-11-5-4-10(14(17)20)7-12(11)15/h4-5,7H,2-3,6,8-9H2,1H3,(H2,16,19)(H2,17,20). The number of unbranched alkanes of at least 4 members (excludes halogenated alkanes) is 1. The second kappa shape index (κ2) is 7.91. The van der Waals surface area contributed by atoms with Crippen LogP contribution in [0.25, 0.3) is 0 Å². The minimum absolute atomic E-state index is 0.122. The molecule has 110 valence electrons. The zero-order valence-electron chi connectivity index (χ0n) is 11.6. The molecule has 0 aromatic heterocycles. The Bertz CT molecular complexity index is 493. The number of benzene rings is 1. The van der Waals surface area contributed by atoms with Crippen LogP contribution in [0.2, 0.25) is 0 Å². The van der Waals surface area contributed by atoms with Crippen molar-refractivity contribution in [2.75, 3.05) is 13.1 Å². The van der Waals surface area contributed by atoms with Gasteiger partial charge >= 0.3 is 0 Å². The fourth-order valence-corrected chi connectivity index (χ4v) is 2.01. The predicted octanol–water partition coefficient (Wildman–Crippen LogP) is 1.55. The first-order chi connectivity index (χ1) is 9.43. The Kier molecular flexibility index (Phi) is 6.54. The van der Waals surface area contributed by atoms with Gasteiger partial charge < -0.3 is 11.5 Å². The Hall–Kier alpha value is -1.53. The fourth-order valence-electron chi connectivity index (χ4n) is 1.89. The number of rotatable bonds is 8. The summed E-state index contributed by atoms with van der Waals surface area (Å²) in [5.41, 5.74) is 11.7. The number of hydrogen-bond acceptors (Lipinski definition) is 3. The first kappa shape index (κ1) is 16.5. The van der Waals surface area contributed by atoms with E-state index >= 15 is 0 Å². The molecule has 0 fully saturated rings. The molecular formula is C14H20FN3OS. The molecule has 1 aromatic carbocycles. The maximum absolute atomic E-state index is 14.0. The highest BCUT2D eigenvalue weighted by Gasteiger charge is 2.12. The zero-order valence-corrected chi connectivity index (χ0v) is 12.4. The van der Waals surface area contributed by atoms with Gasteiger partial charge in [-0.25, -0.2) is 4.39 Å². The van der Waals surface area contributed by atoms with Crippen LogP contribution in [-0.4, -0.2) is 28.9 Å². The number of amides is 1. The van der Waals surface area contributed by atoms with Gasteiger partial charge in [0.05, 0.1) is 6.54 Å². The molecule has 1 amide bonds. The Morgan fingerprint density at radius 3 is 2.60 bits per heavy atom. The Morgan fingerprint density at radius 1 is 1.40 bits per heavy atom. The summed E-state index contributed by atoms with van der Waals surface area (Å²) in [4.78, 5) is 13.0. The average molecular weight is 297 g/mol. The molecule has 0 aliphatic carbocycles. The molecule has 0 atom stereocenters. The van der Waals surface area contributed by atoms with Crippen LogP contribution in [0.3, 0.4) is 0 Å². The normalized spacial score (nSPS) is 10.8. The molecule has 0 unspecified atom stereocenters. The van der Waals surface area contributed by atoms with Gasteiger partial charge in [-0.1, -0.05) is 37.7 Å². The van der Waals surface area contributed by atoms with Gasteiger partial charge in [-0.05, 0) is 19.0 Å². The number of carbonyl (C=O) groups excluding carboxylic acids is 1. The minimum atomic E-state index is -0.415. The Labute approximate surface area is 123 Å². The SMILES string of the molecule is CCCCN(CC(N)=O)Cc1ccc(C(N)=S)cc1F. The van der Waals surface area contributed by atoms with Gasteiger partial charge in [-0.3, -0.25) is 9.69 Å². The second-order valence-corrected chi connectivity index (χ2v) is 5.14. The molecule has 0 saturated heterocycles. The molecule has 1 rings (SSSR count). The lowest BCUT2D eigenvalue weighted by molar-refractivity contribution is -0.119. The van der Waals surface area contributed by atoms with Crippen molar-refractivity contribution in [3.63, 3.8) is 0 Å². The van der Waals surface area contributed by atoms with E-state index in [4.69, 9.17) is 23.7 Å². The highest BCUT2D eigenvalue weighted by atomic mass is 32.1. The summed E-state index contributed by atoms with van der Waals surface area (Å²) in [5.74, 6) is -0.789. The molecule has 0 spiro atoms. The number of carbonyl (C=O) groups is 1. The molecule has 4 nitrogen and oxygen atoms in total. The van der Waals surface area contributed by atoms with E-state index in [0.29, 0.717) is 24.2 Å². The van der Waals surface area contributed by atoms with Crippen molar-refractivity contribution in [1.29, 1.82) is 0 Å². The summed E-state index contributed by atoms with van der Waals surface area (Å²) in [6.45, 7) is 3.22. The third-order valence-electron chi connectivity index (χ3n) is 2.94. The van der Waals surface area contributed by atoms with Crippen LogP contribution in [0.15, 0.2) is 18.2 Å². The molecule has 6 heteroatoms. The summed E-state index contributed by atoms with van der Waals surface area (Å²) in [6.07, 6.45) is 1.93. The Morgan fingerprint density at radius 2 is 2.10 bits per heavy atom. The lowest BCUT2D eigenvalue weighted by atomic mass is 10.1. The number of hydrogen-bond donors (Lipinski definition) is 2. The lowest BCUT2D eigenvalue weighted by Gasteiger charge is -2.21. The molecule has 0 saturated carbocycles. The molecule has 0 bridgehead atoms. The van der Waals surface area contributed by atoms with E-state index in [1.165, 1.54) is 6.07 Å². The molecule has 0 aliphatic heterocycles. The van der Waals surface area contributed by atoms with Crippen molar-refractivity contribution >= 4 is 23.1 Å². The van der Waals surface area contributed by atoms with Crippen LogP contribution in [0, 0.1) is 5.82 Å².